The molecule has 1 aromatic carbocycles. The number of anilines is 1. The number of aromatic carboxylic acids is 1. The molecule has 1 saturated heterocycles. The highest BCUT2D eigenvalue weighted by atomic mass is 35.5. The molecule has 1 fully saturated rings. The summed E-state index contributed by atoms with van der Waals surface area (Å²) in [5.74, 6) is -0.915. The number of benzene rings is 1. The first kappa shape index (κ1) is 19.9. The van der Waals surface area contributed by atoms with Gasteiger partial charge in [-0.1, -0.05) is 18.2 Å². The molecule has 2 heterocycles. The number of aromatic nitrogens is 1. The number of nitrogens with zero attached hydrogens (tertiary/aromatic N) is 2. The van der Waals surface area contributed by atoms with Crippen LogP contribution in [-0.2, 0) is 11.3 Å². The number of piperidine rings is 1. The van der Waals surface area contributed by atoms with Crippen molar-refractivity contribution in [1.82, 2.24) is 10.3 Å². The molecule has 1 aliphatic rings. The van der Waals surface area contributed by atoms with Crippen molar-refractivity contribution < 1.29 is 14.7 Å². The van der Waals surface area contributed by atoms with E-state index in [1.807, 2.05) is 30.3 Å². The van der Waals surface area contributed by atoms with Crippen LogP contribution in [0.4, 0.5) is 5.69 Å². The molecule has 0 bridgehead atoms. The van der Waals surface area contributed by atoms with Gasteiger partial charge in [-0.15, -0.1) is 12.4 Å². The van der Waals surface area contributed by atoms with Crippen molar-refractivity contribution in [3.05, 3.63) is 59.9 Å². The summed E-state index contributed by atoms with van der Waals surface area (Å²) in [4.78, 5) is 30.0. The number of rotatable bonds is 5. The second-order valence-corrected chi connectivity index (χ2v) is 6.13. The minimum atomic E-state index is -1.01. The number of hydrogen-bond donors (Lipinski definition) is 2. The summed E-state index contributed by atoms with van der Waals surface area (Å²) in [5.41, 5.74) is 1.63. The van der Waals surface area contributed by atoms with Gasteiger partial charge in [0.25, 0.3) is 0 Å². The van der Waals surface area contributed by atoms with Gasteiger partial charge in [-0.25, -0.2) is 4.79 Å². The molecule has 2 N–H and O–H groups in total. The van der Waals surface area contributed by atoms with Crippen LogP contribution in [-0.4, -0.2) is 35.1 Å². The van der Waals surface area contributed by atoms with Crippen LogP contribution in [0, 0.1) is 5.92 Å². The second kappa shape index (κ2) is 9.31. The quantitative estimate of drug-likeness (QED) is 0.839. The zero-order chi connectivity index (χ0) is 17.6. The van der Waals surface area contributed by atoms with Gasteiger partial charge in [-0.05, 0) is 50.2 Å². The SMILES string of the molecule is Cl.O=C(O)c1ccc(CN(C(=O)C2CCNCC2)c2ccccc2)nc1. The molecule has 0 unspecified atom stereocenters. The van der Waals surface area contributed by atoms with E-state index in [2.05, 4.69) is 10.3 Å². The maximum atomic E-state index is 13.1. The second-order valence-electron chi connectivity index (χ2n) is 6.13. The smallest absolute Gasteiger partial charge is 0.337 e. The number of carboxylic acid groups (broad SMARTS) is 1. The third-order valence-corrected chi connectivity index (χ3v) is 4.41. The number of carboxylic acids is 1. The van der Waals surface area contributed by atoms with E-state index in [0.717, 1.165) is 31.6 Å². The van der Waals surface area contributed by atoms with Gasteiger partial charge in [0.05, 0.1) is 17.8 Å². The Balaban J connectivity index is 0.00000243. The molecule has 7 heteroatoms. The third-order valence-electron chi connectivity index (χ3n) is 4.41. The zero-order valence-electron chi connectivity index (χ0n) is 14.3. The van der Waals surface area contributed by atoms with Gasteiger partial charge in [0.15, 0.2) is 0 Å². The molecular weight excluding hydrogens is 354 g/mol. The van der Waals surface area contributed by atoms with E-state index in [4.69, 9.17) is 5.11 Å². The standard InChI is InChI=1S/C19H21N3O3.ClH/c23-18(14-8-10-20-11-9-14)22(17-4-2-1-3-5-17)13-16-7-6-15(12-21-16)19(24)25;/h1-7,12,14,20H,8-11,13H2,(H,24,25);1H. The maximum Gasteiger partial charge on any atom is 0.337 e. The molecule has 0 radical (unpaired) electrons. The molecule has 1 amide bonds. The fourth-order valence-corrected chi connectivity index (χ4v) is 3.00. The zero-order valence-corrected chi connectivity index (χ0v) is 15.1. The number of nitrogens with one attached hydrogen (secondary N) is 1. The average Bonchev–Trinajstić information content (AvgIpc) is 2.67. The summed E-state index contributed by atoms with van der Waals surface area (Å²) in [7, 11) is 0. The molecule has 0 spiro atoms. The lowest BCUT2D eigenvalue weighted by Crippen LogP contribution is -2.41. The molecule has 0 atom stereocenters. The first-order valence-corrected chi connectivity index (χ1v) is 8.40. The topological polar surface area (TPSA) is 82.5 Å². The number of amides is 1. The maximum absolute atomic E-state index is 13.1. The molecule has 2 aromatic rings. The fraction of sp³-hybridized carbons (Fsp3) is 0.316. The lowest BCUT2D eigenvalue weighted by Gasteiger charge is -2.29. The highest BCUT2D eigenvalue weighted by molar-refractivity contribution is 5.95. The lowest BCUT2D eigenvalue weighted by molar-refractivity contribution is -0.123. The molecule has 1 aliphatic heterocycles. The molecule has 1 aromatic heterocycles. The van der Waals surface area contributed by atoms with Crippen molar-refractivity contribution in [3.8, 4) is 0 Å². The number of pyridine rings is 1. The highest BCUT2D eigenvalue weighted by Gasteiger charge is 2.27. The predicted molar refractivity (Wildman–Crippen MR) is 102 cm³/mol. The van der Waals surface area contributed by atoms with Crippen molar-refractivity contribution in [2.45, 2.75) is 19.4 Å². The summed E-state index contributed by atoms with van der Waals surface area (Å²) in [6.45, 7) is 2.03. The first-order valence-electron chi connectivity index (χ1n) is 8.40. The average molecular weight is 376 g/mol. The van der Waals surface area contributed by atoms with E-state index in [-0.39, 0.29) is 29.8 Å². The Labute approximate surface area is 158 Å². The van der Waals surface area contributed by atoms with Crippen LogP contribution in [0.3, 0.4) is 0 Å². The van der Waals surface area contributed by atoms with Crippen LogP contribution in [0.2, 0.25) is 0 Å². The van der Waals surface area contributed by atoms with Gasteiger partial charge < -0.3 is 15.3 Å². The predicted octanol–water partition coefficient (Wildman–Crippen LogP) is 2.73. The van der Waals surface area contributed by atoms with Crippen molar-refractivity contribution in [1.29, 1.82) is 0 Å². The Hall–Kier alpha value is -2.44. The Morgan fingerprint density at radius 2 is 1.81 bits per heavy atom. The van der Waals surface area contributed by atoms with Gasteiger partial charge in [0.2, 0.25) is 5.91 Å². The largest absolute Gasteiger partial charge is 0.478 e. The molecule has 26 heavy (non-hydrogen) atoms. The summed E-state index contributed by atoms with van der Waals surface area (Å²) < 4.78 is 0. The van der Waals surface area contributed by atoms with Crippen molar-refractivity contribution in [2.24, 2.45) is 5.92 Å². The summed E-state index contributed by atoms with van der Waals surface area (Å²) in [6, 6.07) is 12.7. The fourth-order valence-electron chi connectivity index (χ4n) is 3.00. The van der Waals surface area contributed by atoms with Gasteiger partial charge in [-0.3, -0.25) is 9.78 Å². The van der Waals surface area contributed by atoms with E-state index in [9.17, 15) is 9.59 Å². The van der Waals surface area contributed by atoms with Gasteiger partial charge in [0.1, 0.15) is 0 Å². The normalized spacial score (nSPS) is 14.3. The number of carbonyl (C=O) groups is 2. The molecular formula is C19H22ClN3O3. The minimum Gasteiger partial charge on any atom is -0.478 e. The summed E-state index contributed by atoms with van der Waals surface area (Å²) in [5, 5.41) is 12.3. The van der Waals surface area contributed by atoms with E-state index < -0.39 is 5.97 Å². The van der Waals surface area contributed by atoms with Crippen LogP contribution < -0.4 is 10.2 Å². The molecule has 0 saturated carbocycles. The van der Waals surface area contributed by atoms with E-state index in [1.165, 1.54) is 12.3 Å². The molecule has 3 rings (SSSR count). The molecule has 0 aliphatic carbocycles. The van der Waals surface area contributed by atoms with Crippen LogP contribution in [0.1, 0.15) is 28.9 Å². The minimum absolute atomic E-state index is 0. The van der Waals surface area contributed by atoms with Crippen LogP contribution in [0.15, 0.2) is 48.7 Å². The number of hydrogen-bond acceptors (Lipinski definition) is 4. The first-order chi connectivity index (χ1) is 12.1. The number of para-hydroxylation sites is 1. The highest BCUT2D eigenvalue weighted by Crippen LogP contribution is 2.23. The van der Waals surface area contributed by atoms with Crippen molar-refractivity contribution in [2.75, 3.05) is 18.0 Å². The van der Waals surface area contributed by atoms with Crippen LogP contribution in [0.5, 0.6) is 0 Å². The van der Waals surface area contributed by atoms with E-state index in [1.54, 1.807) is 11.0 Å². The Bertz CT molecular complexity index is 731. The summed E-state index contributed by atoms with van der Waals surface area (Å²) >= 11 is 0. The molecule has 138 valence electrons. The van der Waals surface area contributed by atoms with Gasteiger partial charge >= 0.3 is 5.97 Å². The number of halogens is 1. The Morgan fingerprint density at radius 3 is 2.38 bits per heavy atom. The van der Waals surface area contributed by atoms with E-state index >= 15 is 0 Å². The third kappa shape index (κ3) is 4.80. The van der Waals surface area contributed by atoms with Gasteiger partial charge in [0, 0.05) is 17.8 Å². The lowest BCUT2D eigenvalue weighted by atomic mass is 9.96. The van der Waals surface area contributed by atoms with E-state index in [0.29, 0.717) is 12.2 Å². The van der Waals surface area contributed by atoms with Crippen LogP contribution in [0.25, 0.3) is 0 Å². The van der Waals surface area contributed by atoms with Crippen LogP contribution >= 0.6 is 12.4 Å². The Kier molecular flexibility index (Phi) is 7.12. The van der Waals surface area contributed by atoms with Crippen molar-refractivity contribution >= 4 is 30.0 Å². The number of carbonyl (C=O) groups excluding carboxylic acids is 1. The van der Waals surface area contributed by atoms with Gasteiger partial charge in [-0.2, -0.15) is 0 Å². The summed E-state index contributed by atoms with van der Waals surface area (Å²) in [6.07, 6.45) is 2.98. The van der Waals surface area contributed by atoms with Crippen molar-refractivity contribution in [3.63, 3.8) is 0 Å². The Morgan fingerprint density at radius 1 is 1.12 bits per heavy atom. The molecule has 6 nitrogen and oxygen atoms in total. The monoisotopic (exact) mass is 375 g/mol.